The Morgan fingerprint density at radius 1 is 1.35 bits per heavy atom. The molecule has 0 bridgehead atoms. The molecule has 0 spiro atoms. The fourth-order valence-corrected chi connectivity index (χ4v) is 2.78. The van der Waals surface area contributed by atoms with Crippen molar-refractivity contribution in [2.24, 2.45) is 5.92 Å². The Morgan fingerprint density at radius 2 is 2.09 bits per heavy atom. The van der Waals surface area contributed by atoms with Crippen molar-refractivity contribution in [3.8, 4) is 0 Å². The van der Waals surface area contributed by atoms with E-state index in [0.29, 0.717) is 45.7 Å². The zero-order valence-corrected chi connectivity index (χ0v) is 14.4. The van der Waals surface area contributed by atoms with Crippen molar-refractivity contribution in [1.82, 2.24) is 15.5 Å². The number of alkyl halides is 3. The first-order chi connectivity index (χ1) is 9.92. The second-order valence-electron chi connectivity index (χ2n) is 5.74. The molecule has 0 aliphatic carbocycles. The molecule has 5 nitrogen and oxygen atoms in total. The summed E-state index contributed by atoms with van der Waals surface area (Å²) in [4.78, 5) is 13.2. The van der Waals surface area contributed by atoms with Crippen molar-refractivity contribution in [2.75, 3.05) is 45.9 Å². The van der Waals surface area contributed by atoms with Crippen LogP contribution in [0.5, 0.6) is 0 Å². The molecule has 0 aromatic carbocycles. The number of nitrogens with one attached hydrogen (secondary N) is 2. The average molecular weight is 382 g/mol. The van der Waals surface area contributed by atoms with Crippen LogP contribution in [0.25, 0.3) is 0 Å². The van der Waals surface area contributed by atoms with Crippen LogP contribution < -0.4 is 10.6 Å². The van der Waals surface area contributed by atoms with Gasteiger partial charge in [0.1, 0.15) is 0 Å². The molecule has 1 amide bonds. The number of carbonyl (C=O) groups is 1. The lowest BCUT2D eigenvalue weighted by Gasteiger charge is -2.23. The van der Waals surface area contributed by atoms with Crippen LogP contribution >= 0.6 is 24.8 Å². The van der Waals surface area contributed by atoms with Crippen molar-refractivity contribution in [2.45, 2.75) is 25.1 Å². The highest BCUT2D eigenvalue weighted by Crippen LogP contribution is 2.22. The minimum absolute atomic E-state index is 0. The van der Waals surface area contributed by atoms with Gasteiger partial charge in [0.05, 0.1) is 19.8 Å². The highest BCUT2D eigenvalue weighted by Gasteiger charge is 2.34. The standard InChI is InChI=1S/C13H22F3N3O2.2ClH/c14-13(15,16)9-19-3-1-10(7-19)6-18-12(20)5-11-8-21-4-2-17-11;;/h10-11,17H,1-9H2,(H,18,20);2*1H. The lowest BCUT2D eigenvalue weighted by molar-refractivity contribution is -0.143. The molecular formula is C13H24Cl2F3N3O2. The van der Waals surface area contributed by atoms with Gasteiger partial charge in [-0.3, -0.25) is 9.69 Å². The third kappa shape index (κ3) is 8.95. The molecule has 0 aromatic heterocycles. The van der Waals surface area contributed by atoms with Crippen molar-refractivity contribution in [1.29, 1.82) is 0 Å². The molecule has 23 heavy (non-hydrogen) atoms. The summed E-state index contributed by atoms with van der Waals surface area (Å²) in [5.74, 6) is 0.0270. The van der Waals surface area contributed by atoms with Crippen LogP contribution in [-0.2, 0) is 9.53 Å². The fourth-order valence-electron chi connectivity index (χ4n) is 2.78. The Balaban J connectivity index is 0.00000242. The zero-order chi connectivity index (χ0) is 15.3. The SMILES string of the molecule is Cl.Cl.O=C(CC1COCCN1)NCC1CCN(CC(F)(F)F)C1. The first kappa shape index (κ1) is 22.7. The lowest BCUT2D eigenvalue weighted by Crippen LogP contribution is -2.44. The second-order valence-corrected chi connectivity index (χ2v) is 5.74. The molecule has 2 unspecified atom stereocenters. The first-order valence-electron chi connectivity index (χ1n) is 7.29. The summed E-state index contributed by atoms with van der Waals surface area (Å²) < 4.78 is 42.1. The Bertz CT molecular complexity index is 356. The molecule has 2 fully saturated rings. The molecule has 2 N–H and O–H groups in total. The number of rotatable bonds is 5. The number of nitrogens with zero attached hydrogens (tertiary/aromatic N) is 1. The maximum absolute atomic E-state index is 12.3. The lowest BCUT2D eigenvalue weighted by atomic mass is 10.1. The van der Waals surface area contributed by atoms with Gasteiger partial charge >= 0.3 is 6.18 Å². The Morgan fingerprint density at radius 3 is 2.70 bits per heavy atom. The van der Waals surface area contributed by atoms with E-state index in [-0.39, 0.29) is 42.7 Å². The first-order valence-corrected chi connectivity index (χ1v) is 7.29. The molecular weight excluding hydrogens is 358 g/mol. The number of halogens is 5. The highest BCUT2D eigenvalue weighted by molar-refractivity contribution is 5.85. The summed E-state index contributed by atoms with van der Waals surface area (Å²) in [6.07, 6.45) is -3.11. The normalized spacial score (nSPS) is 25.3. The summed E-state index contributed by atoms with van der Waals surface area (Å²) in [6, 6.07) is 0.0315. The van der Waals surface area contributed by atoms with E-state index in [4.69, 9.17) is 4.74 Å². The number of likely N-dealkylation sites (tertiary alicyclic amines) is 1. The summed E-state index contributed by atoms with van der Waals surface area (Å²) in [7, 11) is 0. The predicted octanol–water partition coefficient (Wildman–Crippen LogP) is 1.21. The second kappa shape index (κ2) is 10.6. The number of ether oxygens (including phenoxy) is 1. The average Bonchev–Trinajstić information content (AvgIpc) is 2.83. The maximum atomic E-state index is 12.3. The van der Waals surface area contributed by atoms with Crippen LogP contribution in [0.2, 0.25) is 0 Å². The molecule has 0 radical (unpaired) electrons. The number of hydrogen-bond donors (Lipinski definition) is 2. The maximum Gasteiger partial charge on any atom is 0.401 e. The van der Waals surface area contributed by atoms with Crippen molar-refractivity contribution in [3.63, 3.8) is 0 Å². The number of morpholine rings is 1. The van der Waals surface area contributed by atoms with Gasteiger partial charge in [0.25, 0.3) is 0 Å². The van der Waals surface area contributed by atoms with E-state index in [1.165, 1.54) is 4.90 Å². The number of amides is 1. The van der Waals surface area contributed by atoms with E-state index in [2.05, 4.69) is 10.6 Å². The Hall–Kier alpha value is -0.280. The van der Waals surface area contributed by atoms with Gasteiger partial charge in [-0.2, -0.15) is 13.2 Å². The van der Waals surface area contributed by atoms with Gasteiger partial charge in [-0.15, -0.1) is 24.8 Å². The molecule has 2 saturated heterocycles. The van der Waals surface area contributed by atoms with Crippen LogP contribution in [0.15, 0.2) is 0 Å². The van der Waals surface area contributed by atoms with E-state index >= 15 is 0 Å². The van der Waals surface area contributed by atoms with Gasteiger partial charge in [0.15, 0.2) is 0 Å². The van der Waals surface area contributed by atoms with Gasteiger partial charge < -0.3 is 15.4 Å². The molecule has 2 heterocycles. The molecule has 2 aliphatic heterocycles. The van der Waals surface area contributed by atoms with Crippen LogP contribution in [0.1, 0.15) is 12.8 Å². The van der Waals surface area contributed by atoms with Crippen molar-refractivity contribution >= 4 is 30.7 Å². The summed E-state index contributed by atoms with van der Waals surface area (Å²) in [6.45, 7) is 2.35. The van der Waals surface area contributed by atoms with Crippen molar-refractivity contribution in [3.05, 3.63) is 0 Å². The fraction of sp³-hybridized carbons (Fsp3) is 0.923. The third-order valence-electron chi connectivity index (χ3n) is 3.79. The van der Waals surface area contributed by atoms with Gasteiger partial charge in [0.2, 0.25) is 5.91 Å². The summed E-state index contributed by atoms with van der Waals surface area (Å²) in [5, 5.41) is 6.00. The van der Waals surface area contributed by atoms with Crippen LogP contribution in [0.3, 0.4) is 0 Å². The molecule has 2 rings (SSSR count). The minimum Gasteiger partial charge on any atom is -0.378 e. The Kier molecular flexibility index (Phi) is 10.4. The van der Waals surface area contributed by atoms with Gasteiger partial charge in [0, 0.05) is 32.1 Å². The molecule has 0 aromatic rings. The van der Waals surface area contributed by atoms with Gasteiger partial charge in [-0.1, -0.05) is 0 Å². The van der Waals surface area contributed by atoms with Crippen LogP contribution in [0.4, 0.5) is 13.2 Å². The van der Waals surface area contributed by atoms with Crippen molar-refractivity contribution < 1.29 is 22.7 Å². The molecule has 2 aliphatic rings. The van der Waals surface area contributed by atoms with Gasteiger partial charge in [-0.25, -0.2) is 0 Å². The smallest absolute Gasteiger partial charge is 0.378 e. The van der Waals surface area contributed by atoms with E-state index < -0.39 is 12.7 Å². The van der Waals surface area contributed by atoms with E-state index in [0.717, 1.165) is 6.54 Å². The minimum atomic E-state index is -4.15. The molecule has 10 heteroatoms. The monoisotopic (exact) mass is 381 g/mol. The molecule has 2 atom stereocenters. The summed E-state index contributed by atoms with van der Waals surface area (Å²) >= 11 is 0. The quantitative estimate of drug-likeness (QED) is 0.751. The summed E-state index contributed by atoms with van der Waals surface area (Å²) in [5.41, 5.74) is 0. The van der Waals surface area contributed by atoms with Crippen LogP contribution in [-0.4, -0.2) is 69.0 Å². The largest absolute Gasteiger partial charge is 0.401 e. The van der Waals surface area contributed by atoms with E-state index in [1.54, 1.807) is 0 Å². The zero-order valence-electron chi connectivity index (χ0n) is 12.7. The number of carbonyl (C=O) groups excluding carboxylic acids is 1. The van der Waals surface area contributed by atoms with E-state index in [9.17, 15) is 18.0 Å². The third-order valence-corrected chi connectivity index (χ3v) is 3.79. The highest BCUT2D eigenvalue weighted by atomic mass is 35.5. The topological polar surface area (TPSA) is 53.6 Å². The molecule has 138 valence electrons. The Labute approximate surface area is 146 Å². The predicted molar refractivity (Wildman–Crippen MR) is 85.3 cm³/mol. The van der Waals surface area contributed by atoms with E-state index in [1.807, 2.05) is 0 Å². The number of hydrogen-bond acceptors (Lipinski definition) is 4. The van der Waals surface area contributed by atoms with Gasteiger partial charge in [-0.05, 0) is 18.9 Å². The van der Waals surface area contributed by atoms with Crippen LogP contribution in [0, 0.1) is 5.92 Å². The molecule has 0 saturated carbocycles.